The van der Waals surface area contributed by atoms with Crippen LogP contribution < -0.4 is 9.47 Å². The van der Waals surface area contributed by atoms with E-state index in [-0.39, 0.29) is 5.78 Å². The van der Waals surface area contributed by atoms with E-state index in [1.54, 1.807) is 43.6 Å². The molecule has 0 unspecified atom stereocenters. The van der Waals surface area contributed by atoms with Gasteiger partial charge in [-0.15, -0.1) is 0 Å². The van der Waals surface area contributed by atoms with Gasteiger partial charge in [-0.05, 0) is 31.2 Å². The first-order valence-corrected chi connectivity index (χ1v) is 5.85. The highest BCUT2D eigenvalue weighted by atomic mass is 16.5. The Balaban J connectivity index is 2.44. The minimum atomic E-state index is -0.0926. The number of hydrogen-bond donors (Lipinski definition) is 0. The van der Waals surface area contributed by atoms with Gasteiger partial charge in [0.1, 0.15) is 11.5 Å². The second-order valence-electron chi connectivity index (χ2n) is 4.08. The lowest BCUT2D eigenvalue weighted by Gasteiger charge is -2.09. The Morgan fingerprint density at radius 3 is 2.53 bits per heavy atom. The van der Waals surface area contributed by atoms with E-state index in [9.17, 15) is 4.79 Å². The van der Waals surface area contributed by atoms with Crippen molar-refractivity contribution in [3.8, 4) is 11.5 Å². The number of carbonyl (C=O) groups excluding carboxylic acids is 1. The van der Waals surface area contributed by atoms with Gasteiger partial charge in [0.25, 0.3) is 0 Å². The highest BCUT2D eigenvalue weighted by Crippen LogP contribution is 2.26. The lowest BCUT2D eigenvalue weighted by molar-refractivity contribution is 0.103. The predicted molar refractivity (Wildman–Crippen MR) is 72.0 cm³/mol. The van der Waals surface area contributed by atoms with Crippen LogP contribution in [0.15, 0.2) is 36.5 Å². The smallest absolute Gasteiger partial charge is 0.196 e. The Morgan fingerprint density at radius 2 is 1.89 bits per heavy atom. The third-order valence-corrected chi connectivity index (χ3v) is 2.81. The van der Waals surface area contributed by atoms with Gasteiger partial charge in [0, 0.05) is 23.5 Å². The number of pyridine rings is 1. The van der Waals surface area contributed by atoms with Crippen LogP contribution in [0.1, 0.15) is 21.6 Å². The van der Waals surface area contributed by atoms with Crippen molar-refractivity contribution in [2.75, 3.05) is 14.2 Å². The van der Waals surface area contributed by atoms with Crippen LogP contribution in [0.4, 0.5) is 0 Å². The van der Waals surface area contributed by atoms with E-state index in [0.717, 1.165) is 5.69 Å². The van der Waals surface area contributed by atoms with E-state index in [1.165, 1.54) is 7.11 Å². The fourth-order valence-electron chi connectivity index (χ4n) is 1.83. The number of methoxy groups -OCH3 is 2. The van der Waals surface area contributed by atoms with Crippen LogP contribution in [0, 0.1) is 6.92 Å². The van der Waals surface area contributed by atoms with Crippen LogP contribution in [-0.2, 0) is 0 Å². The van der Waals surface area contributed by atoms with Gasteiger partial charge in [0.15, 0.2) is 5.78 Å². The molecule has 0 spiro atoms. The first-order chi connectivity index (χ1) is 9.15. The highest BCUT2D eigenvalue weighted by molar-refractivity contribution is 6.10. The number of benzene rings is 1. The van der Waals surface area contributed by atoms with E-state index in [4.69, 9.17) is 9.47 Å². The van der Waals surface area contributed by atoms with Gasteiger partial charge in [-0.25, -0.2) is 0 Å². The van der Waals surface area contributed by atoms with Gasteiger partial charge in [-0.2, -0.15) is 0 Å². The van der Waals surface area contributed by atoms with E-state index >= 15 is 0 Å². The summed E-state index contributed by atoms with van der Waals surface area (Å²) in [4.78, 5) is 16.5. The summed E-state index contributed by atoms with van der Waals surface area (Å²) in [5.41, 5.74) is 1.91. The molecule has 19 heavy (non-hydrogen) atoms. The lowest BCUT2D eigenvalue weighted by Crippen LogP contribution is -2.05. The van der Waals surface area contributed by atoms with Crippen LogP contribution in [0.25, 0.3) is 0 Å². The molecule has 0 saturated carbocycles. The second-order valence-corrected chi connectivity index (χ2v) is 4.08. The van der Waals surface area contributed by atoms with Crippen molar-refractivity contribution in [3.05, 3.63) is 53.3 Å². The van der Waals surface area contributed by atoms with Gasteiger partial charge < -0.3 is 9.47 Å². The van der Waals surface area contributed by atoms with Crippen LogP contribution >= 0.6 is 0 Å². The van der Waals surface area contributed by atoms with Gasteiger partial charge >= 0.3 is 0 Å². The van der Waals surface area contributed by atoms with E-state index in [1.807, 2.05) is 6.92 Å². The average molecular weight is 257 g/mol. The Bertz CT molecular complexity index is 608. The van der Waals surface area contributed by atoms with Gasteiger partial charge in [-0.1, -0.05) is 0 Å². The Morgan fingerprint density at radius 1 is 1.11 bits per heavy atom. The predicted octanol–water partition coefficient (Wildman–Crippen LogP) is 2.64. The summed E-state index contributed by atoms with van der Waals surface area (Å²) < 4.78 is 10.4. The van der Waals surface area contributed by atoms with Gasteiger partial charge in [0.2, 0.25) is 0 Å². The number of aryl methyl sites for hydroxylation is 1. The van der Waals surface area contributed by atoms with Crippen LogP contribution in [-0.4, -0.2) is 25.0 Å². The zero-order chi connectivity index (χ0) is 13.8. The summed E-state index contributed by atoms with van der Waals surface area (Å²) in [5, 5.41) is 0. The van der Waals surface area contributed by atoms with Crippen LogP contribution in [0.3, 0.4) is 0 Å². The van der Waals surface area contributed by atoms with Crippen molar-refractivity contribution in [2.24, 2.45) is 0 Å². The number of ether oxygens (including phenoxy) is 2. The molecule has 0 fully saturated rings. The zero-order valence-electron chi connectivity index (χ0n) is 11.1. The summed E-state index contributed by atoms with van der Waals surface area (Å²) in [5.74, 6) is 1.06. The minimum absolute atomic E-state index is 0.0926. The molecule has 0 bridgehead atoms. The third-order valence-electron chi connectivity index (χ3n) is 2.81. The fourth-order valence-corrected chi connectivity index (χ4v) is 1.83. The maximum atomic E-state index is 12.4. The summed E-state index contributed by atoms with van der Waals surface area (Å²) in [6.45, 7) is 1.85. The quantitative estimate of drug-likeness (QED) is 0.790. The number of aromatic nitrogens is 1. The molecule has 0 radical (unpaired) electrons. The molecule has 1 aromatic heterocycles. The Kier molecular flexibility index (Phi) is 3.80. The summed E-state index contributed by atoms with van der Waals surface area (Å²) >= 11 is 0. The Hall–Kier alpha value is -2.36. The number of nitrogens with zero attached hydrogens (tertiary/aromatic N) is 1. The Labute approximate surface area is 112 Å². The van der Waals surface area contributed by atoms with Crippen LogP contribution in [0.5, 0.6) is 11.5 Å². The monoisotopic (exact) mass is 257 g/mol. The average Bonchev–Trinajstić information content (AvgIpc) is 2.45. The first kappa shape index (κ1) is 13.1. The first-order valence-electron chi connectivity index (χ1n) is 5.85. The second kappa shape index (κ2) is 5.52. The standard InChI is InChI=1S/C15H15NO3/c1-10-8-11(6-7-16-10)15(17)13-5-4-12(18-2)9-14(13)19-3/h4-9H,1-3H3. The molecule has 2 aromatic rings. The fraction of sp³-hybridized carbons (Fsp3) is 0.200. The summed E-state index contributed by atoms with van der Waals surface area (Å²) in [7, 11) is 3.10. The van der Waals surface area contributed by atoms with Gasteiger partial charge in [-0.3, -0.25) is 9.78 Å². The van der Waals surface area contributed by atoms with Crippen molar-refractivity contribution in [2.45, 2.75) is 6.92 Å². The number of rotatable bonds is 4. The molecule has 4 heteroatoms. The SMILES string of the molecule is COc1ccc(C(=O)c2ccnc(C)c2)c(OC)c1. The molecule has 1 aromatic carbocycles. The number of ketones is 1. The molecule has 0 N–H and O–H groups in total. The number of carbonyl (C=O) groups is 1. The molecule has 0 aliphatic rings. The topological polar surface area (TPSA) is 48.4 Å². The van der Waals surface area contributed by atoms with Crippen LogP contribution in [0.2, 0.25) is 0 Å². The largest absolute Gasteiger partial charge is 0.497 e. The van der Waals surface area contributed by atoms with E-state index in [2.05, 4.69) is 4.98 Å². The van der Waals surface area contributed by atoms with Crippen molar-refractivity contribution >= 4 is 5.78 Å². The maximum absolute atomic E-state index is 12.4. The molecule has 0 aliphatic carbocycles. The zero-order valence-corrected chi connectivity index (χ0v) is 11.1. The highest BCUT2D eigenvalue weighted by Gasteiger charge is 2.15. The lowest BCUT2D eigenvalue weighted by atomic mass is 10.0. The number of hydrogen-bond acceptors (Lipinski definition) is 4. The normalized spacial score (nSPS) is 10.1. The molecule has 4 nitrogen and oxygen atoms in total. The molecule has 1 heterocycles. The van der Waals surface area contributed by atoms with Crippen molar-refractivity contribution < 1.29 is 14.3 Å². The van der Waals surface area contributed by atoms with Crippen molar-refractivity contribution in [3.63, 3.8) is 0 Å². The molecule has 0 saturated heterocycles. The minimum Gasteiger partial charge on any atom is -0.497 e. The summed E-state index contributed by atoms with van der Waals surface area (Å²) in [6, 6.07) is 8.59. The third kappa shape index (κ3) is 2.73. The van der Waals surface area contributed by atoms with E-state index < -0.39 is 0 Å². The molecule has 0 atom stereocenters. The summed E-state index contributed by atoms with van der Waals surface area (Å²) in [6.07, 6.45) is 1.62. The molecular formula is C15H15NO3. The maximum Gasteiger partial charge on any atom is 0.196 e. The molecular weight excluding hydrogens is 242 g/mol. The van der Waals surface area contributed by atoms with E-state index in [0.29, 0.717) is 22.6 Å². The molecule has 0 aliphatic heterocycles. The van der Waals surface area contributed by atoms with Crippen molar-refractivity contribution in [1.29, 1.82) is 0 Å². The van der Waals surface area contributed by atoms with Crippen molar-refractivity contribution in [1.82, 2.24) is 4.98 Å². The molecule has 2 rings (SSSR count). The molecule has 0 amide bonds. The molecule has 98 valence electrons. The van der Waals surface area contributed by atoms with Gasteiger partial charge in [0.05, 0.1) is 19.8 Å².